The maximum Gasteiger partial charge on any atom is 0.315 e. The molecule has 6 nitrogen and oxygen atoms in total. The highest BCUT2D eigenvalue weighted by atomic mass is 16.5. The lowest BCUT2D eigenvalue weighted by molar-refractivity contribution is 0.203. The van der Waals surface area contributed by atoms with Crippen molar-refractivity contribution in [3.63, 3.8) is 0 Å². The molecule has 2 amide bonds. The topological polar surface area (TPSA) is 79.8 Å². The minimum absolute atomic E-state index is 0.0827. The third kappa shape index (κ3) is 4.01. The summed E-state index contributed by atoms with van der Waals surface area (Å²) in [6, 6.07) is 5.27. The van der Waals surface area contributed by atoms with E-state index >= 15 is 0 Å². The molecule has 6 heteroatoms. The molecule has 0 aromatic heterocycles. The van der Waals surface area contributed by atoms with Gasteiger partial charge in [-0.15, -0.1) is 0 Å². The Labute approximate surface area is 124 Å². The monoisotopic (exact) mass is 294 g/mol. The molecule has 0 spiro atoms. The zero-order valence-electron chi connectivity index (χ0n) is 12.4. The molecule has 1 fully saturated rings. The number of rotatable bonds is 7. The number of amides is 2. The minimum atomic E-state index is -0.232. The van der Waals surface area contributed by atoms with Crippen LogP contribution in [0, 0.1) is 5.41 Å². The van der Waals surface area contributed by atoms with Gasteiger partial charge in [0, 0.05) is 18.5 Å². The fraction of sp³-hybridized carbons (Fsp3) is 0.533. The second-order valence-electron chi connectivity index (χ2n) is 5.38. The fourth-order valence-corrected chi connectivity index (χ4v) is 2.07. The first-order chi connectivity index (χ1) is 10.1. The van der Waals surface area contributed by atoms with E-state index in [1.165, 1.54) is 0 Å². The minimum Gasteiger partial charge on any atom is -0.493 e. The molecule has 3 N–H and O–H groups in total. The first-order valence-electron chi connectivity index (χ1n) is 6.96. The summed E-state index contributed by atoms with van der Waals surface area (Å²) < 4.78 is 10.4. The molecule has 116 valence electrons. The van der Waals surface area contributed by atoms with Gasteiger partial charge in [-0.2, -0.15) is 0 Å². The molecule has 1 aromatic rings. The summed E-state index contributed by atoms with van der Waals surface area (Å²) in [5, 5.41) is 14.8. The number of aliphatic hydroxyl groups is 1. The summed E-state index contributed by atoms with van der Waals surface area (Å²) in [5.41, 5.74) is 0.840. The number of carbonyl (C=O) groups excluding carboxylic acids is 1. The molecule has 0 unspecified atom stereocenters. The standard InChI is InChI=1S/C15H22N2O4/c1-20-12-4-3-11(7-13(12)21-2)8-16-14(19)17-9-15(10-18)5-6-15/h3-4,7,18H,5-6,8-10H2,1-2H3,(H2,16,17,19). The summed E-state index contributed by atoms with van der Waals surface area (Å²) in [7, 11) is 3.16. The Kier molecular flexibility index (Phi) is 4.90. The second kappa shape index (κ2) is 6.67. The van der Waals surface area contributed by atoms with E-state index in [2.05, 4.69) is 10.6 Å². The fourth-order valence-electron chi connectivity index (χ4n) is 2.07. The normalized spacial score (nSPS) is 15.2. The number of benzene rings is 1. The molecule has 0 radical (unpaired) electrons. The van der Waals surface area contributed by atoms with Crippen molar-refractivity contribution in [3.05, 3.63) is 23.8 Å². The number of hydrogen-bond donors (Lipinski definition) is 3. The van der Waals surface area contributed by atoms with E-state index < -0.39 is 0 Å². The lowest BCUT2D eigenvalue weighted by Crippen LogP contribution is -2.39. The molecule has 0 bridgehead atoms. The van der Waals surface area contributed by atoms with Gasteiger partial charge in [0.25, 0.3) is 0 Å². The number of urea groups is 1. The number of methoxy groups -OCH3 is 2. The van der Waals surface area contributed by atoms with E-state index in [0.717, 1.165) is 18.4 Å². The molecule has 1 aliphatic carbocycles. The van der Waals surface area contributed by atoms with Crippen molar-refractivity contribution in [2.75, 3.05) is 27.4 Å². The predicted octanol–water partition coefficient (Wildman–Crippen LogP) is 1.28. The van der Waals surface area contributed by atoms with Crippen molar-refractivity contribution in [3.8, 4) is 11.5 Å². The third-order valence-corrected chi connectivity index (χ3v) is 3.82. The molecule has 0 atom stereocenters. The first-order valence-corrected chi connectivity index (χ1v) is 6.96. The number of aliphatic hydroxyl groups excluding tert-OH is 1. The molecular formula is C15H22N2O4. The van der Waals surface area contributed by atoms with Crippen molar-refractivity contribution >= 4 is 6.03 Å². The zero-order valence-corrected chi connectivity index (χ0v) is 12.4. The van der Waals surface area contributed by atoms with Gasteiger partial charge in [0.05, 0.1) is 20.8 Å². The highest BCUT2D eigenvalue weighted by Crippen LogP contribution is 2.44. The summed E-state index contributed by atoms with van der Waals surface area (Å²) in [6.45, 7) is 1.04. The summed E-state index contributed by atoms with van der Waals surface area (Å²) in [5.74, 6) is 1.29. The third-order valence-electron chi connectivity index (χ3n) is 3.82. The van der Waals surface area contributed by atoms with Gasteiger partial charge in [0.2, 0.25) is 0 Å². The summed E-state index contributed by atoms with van der Waals surface area (Å²) >= 11 is 0. The van der Waals surface area contributed by atoms with Crippen LogP contribution in [0.15, 0.2) is 18.2 Å². The Bertz CT molecular complexity index is 500. The van der Waals surface area contributed by atoms with E-state index in [4.69, 9.17) is 9.47 Å². The average molecular weight is 294 g/mol. The van der Waals surface area contributed by atoms with Crippen molar-refractivity contribution in [1.29, 1.82) is 0 Å². The largest absolute Gasteiger partial charge is 0.493 e. The molecular weight excluding hydrogens is 272 g/mol. The molecule has 2 rings (SSSR count). The van der Waals surface area contributed by atoms with Crippen LogP contribution in [0.3, 0.4) is 0 Å². The first kappa shape index (κ1) is 15.4. The molecule has 1 aromatic carbocycles. The van der Waals surface area contributed by atoms with Crippen LogP contribution in [-0.4, -0.2) is 38.5 Å². The van der Waals surface area contributed by atoms with Crippen LogP contribution in [0.5, 0.6) is 11.5 Å². The van der Waals surface area contributed by atoms with Crippen LogP contribution in [0.2, 0.25) is 0 Å². The van der Waals surface area contributed by atoms with Gasteiger partial charge < -0.3 is 25.2 Å². The van der Waals surface area contributed by atoms with Crippen LogP contribution in [0.4, 0.5) is 4.79 Å². The van der Waals surface area contributed by atoms with Crippen molar-refractivity contribution < 1.29 is 19.4 Å². The maximum atomic E-state index is 11.7. The number of nitrogens with one attached hydrogen (secondary N) is 2. The number of ether oxygens (including phenoxy) is 2. The van der Waals surface area contributed by atoms with Crippen LogP contribution >= 0.6 is 0 Å². The van der Waals surface area contributed by atoms with Gasteiger partial charge in [-0.1, -0.05) is 6.07 Å². The molecule has 0 saturated heterocycles. The average Bonchev–Trinajstić information content (AvgIpc) is 3.31. The predicted molar refractivity (Wildman–Crippen MR) is 78.5 cm³/mol. The smallest absolute Gasteiger partial charge is 0.315 e. The summed E-state index contributed by atoms with van der Waals surface area (Å²) in [6.07, 6.45) is 1.94. The number of carbonyl (C=O) groups is 1. The van der Waals surface area contributed by atoms with E-state index in [-0.39, 0.29) is 18.1 Å². The van der Waals surface area contributed by atoms with Crippen LogP contribution < -0.4 is 20.1 Å². The van der Waals surface area contributed by atoms with Gasteiger partial charge in [-0.25, -0.2) is 4.79 Å². The Balaban J connectivity index is 1.81. The van der Waals surface area contributed by atoms with Crippen molar-refractivity contribution in [1.82, 2.24) is 10.6 Å². The zero-order chi connectivity index (χ0) is 15.3. The lowest BCUT2D eigenvalue weighted by atomic mass is 10.1. The van der Waals surface area contributed by atoms with Crippen molar-refractivity contribution in [2.45, 2.75) is 19.4 Å². The van der Waals surface area contributed by atoms with Crippen LogP contribution in [0.1, 0.15) is 18.4 Å². The highest BCUT2D eigenvalue weighted by Gasteiger charge is 2.42. The maximum absolute atomic E-state index is 11.7. The van der Waals surface area contributed by atoms with Gasteiger partial charge in [-0.05, 0) is 30.5 Å². The second-order valence-corrected chi connectivity index (χ2v) is 5.38. The molecule has 0 heterocycles. The van der Waals surface area contributed by atoms with E-state index in [1.54, 1.807) is 20.3 Å². The molecule has 0 aliphatic heterocycles. The van der Waals surface area contributed by atoms with E-state index in [9.17, 15) is 9.90 Å². The number of hydrogen-bond acceptors (Lipinski definition) is 4. The van der Waals surface area contributed by atoms with E-state index in [0.29, 0.717) is 24.6 Å². The molecule has 21 heavy (non-hydrogen) atoms. The Morgan fingerprint density at radius 1 is 1.24 bits per heavy atom. The van der Waals surface area contributed by atoms with Crippen molar-refractivity contribution in [2.24, 2.45) is 5.41 Å². The SMILES string of the molecule is COc1ccc(CNC(=O)NCC2(CO)CC2)cc1OC. The molecule has 1 saturated carbocycles. The van der Waals surface area contributed by atoms with Gasteiger partial charge in [-0.3, -0.25) is 0 Å². The Morgan fingerprint density at radius 3 is 2.52 bits per heavy atom. The van der Waals surface area contributed by atoms with Gasteiger partial charge >= 0.3 is 6.03 Å². The van der Waals surface area contributed by atoms with Crippen LogP contribution in [-0.2, 0) is 6.54 Å². The Morgan fingerprint density at radius 2 is 1.95 bits per heavy atom. The quantitative estimate of drug-likeness (QED) is 0.707. The van der Waals surface area contributed by atoms with E-state index in [1.807, 2.05) is 12.1 Å². The lowest BCUT2D eigenvalue weighted by Gasteiger charge is -2.14. The highest BCUT2D eigenvalue weighted by molar-refractivity contribution is 5.74. The summed E-state index contributed by atoms with van der Waals surface area (Å²) in [4.78, 5) is 11.7. The van der Waals surface area contributed by atoms with Gasteiger partial charge in [0.15, 0.2) is 11.5 Å². The molecule has 1 aliphatic rings. The van der Waals surface area contributed by atoms with Gasteiger partial charge in [0.1, 0.15) is 0 Å². The van der Waals surface area contributed by atoms with Crippen LogP contribution in [0.25, 0.3) is 0 Å². The Hall–Kier alpha value is -1.95.